The largest absolute Gasteiger partial charge is 0.309 e. The second-order valence-electron chi connectivity index (χ2n) is 13.0. The lowest BCUT2D eigenvalue weighted by Crippen LogP contribution is -1.97. The molecule has 0 saturated heterocycles. The number of hydrogen-bond donors (Lipinski definition) is 0. The molecule has 0 spiro atoms. The summed E-state index contributed by atoms with van der Waals surface area (Å²) in [5.74, 6) is 0. The molecule has 0 aliphatic carbocycles. The molecule has 238 valence electrons. The molecule has 0 aliphatic rings. The predicted molar refractivity (Wildman–Crippen MR) is 219 cm³/mol. The Morgan fingerprint density at radius 3 is 1.92 bits per heavy atom. The summed E-state index contributed by atoms with van der Waals surface area (Å²) in [6.45, 7) is 0. The predicted octanol–water partition coefficient (Wildman–Crippen LogP) is 13.6. The number of benzene rings is 8. The Bertz CT molecular complexity index is 3370. The fourth-order valence-electron chi connectivity index (χ4n) is 7.98. The molecule has 8 aromatic carbocycles. The van der Waals surface area contributed by atoms with Crippen LogP contribution in [0.25, 0.3) is 97.4 Å². The van der Waals surface area contributed by atoms with E-state index in [1.165, 1.54) is 42.4 Å². The van der Waals surface area contributed by atoms with Crippen LogP contribution in [0.15, 0.2) is 182 Å². The van der Waals surface area contributed by atoms with Crippen LogP contribution in [-0.2, 0) is 0 Å². The zero-order valence-corrected chi connectivity index (χ0v) is 28.1. The Labute approximate surface area is 304 Å². The van der Waals surface area contributed by atoms with Crippen LogP contribution in [0, 0.1) is 0 Å². The van der Waals surface area contributed by atoms with Crippen LogP contribution in [0.2, 0.25) is 0 Å². The van der Waals surface area contributed by atoms with E-state index in [0.29, 0.717) is 10.9 Å². The van der Waals surface area contributed by atoms with E-state index >= 15 is 0 Å². The SMILES string of the molecule is [2H]c1c([2H])c([2H])c2c(c1[2H])c1ccccc1n2-c1ccc2c3ccccc3n(-c3cccc4sc5ccc(-c6cccc(-c7ccccc7)c6)cc5c34)c2c1. The number of thiophene rings is 1. The van der Waals surface area contributed by atoms with Gasteiger partial charge in [0.1, 0.15) is 0 Å². The van der Waals surface area contributed by atoms with Crippen molar-refractivity contribution in [1.29, 1.82) is 0 Å². The first-order valence-corrected chi connectivity index (χ1v) is 17.9. The van der Waals surface area contributed by atoms with Crippen molar-refractivity contribution in [2.45, 2.75) is 0 Å². The van der Waals surface area contributed by atoms with Crippen LogP contribution in [0.1, 0.15) is 5.48 Å². The number of hydrogen-bond acceptors (Lipinski definition) is 1. The second-order valence-corrected chi connectivity index (χ2v) is 14.1. The van der Waals surface area contributed by atoms with Gasteiger partial charge >= 0.3 is 0 Å². The number of fused-ring (bicyclic) bond motifs is 9. The Morgan fingerprint density at radius 1 is 0.392 bits per heavy atom. The first-order chi connectivity index (χ1) is 27.0. The molecule has 3 heteroatoms. The molecule has 0 aliphatic heterocycles. The maximum Gasteiger partial charge on any atom is 0.0645 e. The van der Waals surface area contributed by atoms with Crippen LogP contribution in [0.5, 0.6) is 0 Å². The molecule has 0 atom stereocenters. The minimum Gasteiger partial charge on any atom is -0.309 e. The lowest BCUT2D eigenvalue weighted by molar-refractivity contribution is 1.16. The average molecular weight is 671 g/mol. The first-order valence-electron chi connectivity index (χ1n) is 19.1. The quantitative estimate of drug-likeness (QED) is 0.176. The maximum absolute atomic E-state index is 9.04. The highest BCUT2D eigenvalue weighted by atomic mass is 32.1. The standard InChI is InChI=1S/C48H30N2S/c1-2-12-31(13-3-1)32-14-10-15-33(28-32)34-24-27-46-40(29-34)48-44(22-11-23-47(48)51-46)50-43-21-9-6-18-38(43)39-26-25-35(30-45(39)50)49-41-19-7-4-16-36(41)37-17-5-8-20-42(37)49/h1-30H/i4D,7D,16D,19D. The Balaban J connectivity index is 1.18. The van der Waals surface area contributed by atoms with Crippen molar-refractivity contribution in [2.75, 3.05) is 0 Å². The average Bonchev–Trinajstić information content (AvgIpc) is 3.90. The van der Waals surface area contributed by atoms with Gasteiger partial charge in [-0.05, 0) is 82.9 Å². The van der Waals surface area contributed by atoms with E-state index in [1.807, 2.05) is 46.2 Å². The van der Waals surface area contributed by atoms with Gasteiger partial charge in [-0.1, -0.05) is 121 Å². The normalized spacial score (nSPS) is 13.0. The molecular formula is C48H30N2S. The van der Waals surface area contributed by atoms with E-state index in [4.69, 9.17) is 5.48 Å². The zero-order chi connectivity index (χ0) is 36.9. The van der Waals surface area contributed by atoms with Gasteiger partial charge in [0, 0.05) is 47.4 Å². The summed E-state index contributed by atoms with van der Waals surface area (Å²) in [6.07, 6.45) is 0. The highest BCUT2D eigenvalue weighted by Crippen LogP contribution is 2.43. The van der Waals surface area contributed by atoms with Crippen molar-refractivity contribution in [3.63, 3.8) is 0 Å². The molecule has 0 unspecified atom stereocenters. The van der Waals surface area contributed by atoms with Crippen molar-refractivity contribution in [3.05, 3.63) is 182 Å². The summed E-state index contributed by atoms with van der Waals surface area (Å²) < 4.78 is 41.8. The van der Waals surface area contributed by atoms with E-state index in [2.05, 4.69) is 132 Å². The Kier molecular flexibility index (Phi) is 5.34. The fourth-order valence-corrected chi connectivity index (χ4v) is 9.08. The molecule has 0 N–H and O–H groups in total. The molecule has 0 fully saturated rings. The van der Waals surface area contributed by atoms with Gasteiger partial charge in [-0.25, -0.2) is 0 Å². The first kappa shape index (κ1) is 24.7. The van der Waals surface area contributed by atoms with Gasteiger partial charge in [0.2, 0.25) is 0 Å². The monoisotopic (exact) mass is 670 g/mol. The summed E-state index contributed by atoms with van der Waals surface area (Å²) in [5, 5.41) is 5.98. The van der Waals surface area contributed by atoms with Crippen LogP contribution in [0.3, 0.4) is 0 Å². The summed E-state index contributed by atoms with van der Waals surface area (Å²) >= 11 is 1.81. The minimum absolute atomic E-state index is 0.0247. The van der Waals surface area contributed by atoms with E-state index in [0.717, 1.165) is 44.1 Å². The van der Waals surface area contributed by atoms with Crippen molar-refractivity contribution in [3.8, 4) is 33.6 Å². The molecule has 0 radical (unpaired) electrons. The maximum atomic E-state index is 9.04. The topological polar surface area (TPSA) is 9.86 Å². The summed E-state index contributed by atoms with van der Waals surface area (Å²) in [7, 11) is 0. The Morgan fingerprint density at radius 2 is 1.06 bits per heavy atom. The second kappa shape index (κ2) is 11.0. The number of para-hydroxylation sites is 3. The molecular weight excluding hydrogens is 637 g/mol. The van der Waals surface area contributed by atoms with Crippen molar-refractivity contribution in [2.24, 2.45) is 0 Å². The van der Waals surface area contributed by atoms with Crippen LogP contribution in [0.4, 0.5) is 0 Å². The number of nitrogens with zero attached hydrogens (tertiary/aromatic N) is 2. The molecule has 0 saturated carbocycles. The van der Waals surface area contributed by atoms with E-state index in [-0.39, 0.29) is 24.2 Å². The molecule has 0 amide bonds. The highest BCUT2D eigenvalue weighted by Gasteiger charge is 2.19. The molecule has 11 rings (SSSR count). The van der Waals surface area contributed by atoms with Crippen molar-refractivity contribution in [1.82, 2.24) is 9.13 Å². The third kappa shape index (κ3) is 4.29. The Hall–Kier alpha value is -6.42. The molecule has 2 nitrogen and oxygen atoms in total. The fraction of sp³-hybridized carbons (Fsp3) is 0. The van der Waals surface area contributed by atoms with Gasteiger partial charge in [-0.15, -0.1) is 11.3 Å². The van der Waals surface area contributed by atoms with Gasteiger partial charge in [0.25, 0.3) is 0 Å². The van der Waals surface area contributed by atoms with E-state index < -0.39 is 0 Å². The van der Waals surface area contributed by atoms with Crippen LogP contribution in [-0.4, -0.2) is 9.13 Å². The van der Waals surface area contributed by atoms with Crippen molar-refractivity contribution < 1.29 is 5.48 Å². The van der Waals surface area contributed by atoms with Gasteiger partial charge < -0.3 is 9.13 Å². The third-order valence-electron chi connectivity index (χ3n) is 10.2. The highest BCUT2D eigenvalue weighted by molar-refractivity contribution is 7.25. The van der Waals surface area contributed by atoms with Crippen LogP contribution < -0.4 is 0 Å². The minimum atomic E-state index is -0.237. The molecule has 3 heterocycles. The smallest absolute Gasteiger partial charge is 0.0645 e. The molecule has 3 aromatic heterocycles. The third-order valence-corrected chi connectivity index (χ3v) is 11.4. The molecule has 11 aromatic rings. The van der Waals surface area contributed by atoms with Gasteiger partial charge in [0.05, 0.1) is 33.2 Å². The zero-order valence-electron chi connectivity index (χ0n) is 31.3. The van der Waals surface area contributed by atoms with Crippen molar-refractivity contribution >= 4 is 75.1 Å². The lowest BCUT2D eigenvalue weighted by atomic mass is 9.98. The lowest BCUT2D eigenvalue weighted by Gasteiger charge is -2.13. The van der Waals surface area contributed by atoms with Gasteiger partial charge in [-0.3, -0.25) is 0 Å². The number of rotatable bonds is 4. The molecule has 51 heavy (non-hydrogen) atoms. The van der Waals surface area contributed by atoms with E-state index in [1.54, 1.807) is 0 Å². The number of aromatic nitrogens is 2. The summed E-state index contributed by atoms with van der Waals surface area (Å²) in [4.78, 5) is 0. The molecule has 0 bridgehead atoms. The summed E-state index contributed by atoms with van der Waals surface area (Å²) in [5.41, 5.74) is 10.1. The van der Waals surface area contributed by atoms with Gasteiger partial charge in [-0.2, -0.15) is 0 Å². The van der Waals surface area contributed by atoms with Crippen LogP contribution >= 0.6 is 11.3 Å². The summed E-state index contributed by atoms with van der Waals surface area (Å²) in [6, 6.07) is 54.9. The van der Waals surface area contributed by atoms with E-state index in [9.17, 15) is 0 Å². The van der Waals surface area contributed by atoms with Gasteiger partial charge in [0.15, 0.2) is 0 Å².